The van der Waals surface area contributed by atoms with E-state index in [2.05, 4.69) is 35.3 Å². The third-order valence-electron chi connectivity index (χ3n) is 6.21. The van der Waals surface area contributed by atoms with Crippen molar-refractivity contribution < 1.29 is 14.3 Å². The standard InChI is InChI=1S/C33H23ClN2O3/c34-30-17-27(20-37)31(38-21-23-14-15-36-28(16-23)19-35)18-32(30)39-22-26-12-7-13-29(24-8-3-1-4-9-24)33(26)25-10-5-2-6-11-25/h1-18,20H,21-22H2. The molecule has 6 heteroatoms. The molecule has 5 aromatic rings. The van der Waals surface area contributed by atoms with E-state index in [-0.39, 0.29) is 13.2 Å². The van der Waals surface area contributed by atoms with Crippen molar-refractivity contribution in [2.75, 3.05) is 0 Å². The van der Waals surface area contributed by atoms with E-state index < -0.39 is 0 Å². The third kappa shape index (κ3) is 5.98. The number of pyridine rings is 1. The number of aldehydes is 1. The summed E-state index contributed by atoms with van der Waals surface area (Å²) in [6, 6.07) is 35.1. The van der Waals surface area contributed by atoms with Crippen LogP contribution in [0.1, 0.15) is 27.2 Å². The highest BCUT2D eigenvalue weighted by atomic mass is 35.5. The second-order valence-electron chi connectivity index (χ2n) is 8.75. The molecule has 0 aliphatic carbocycles. The zero-order valence-electron chi connectivity index (χ0n) is 20.9. The van der Waals surface area contributed by atoms with E-state index in [0.717, 1.165) is 33.4 Å². The van der Waals surface area contributed by atoms with E-state index in [9.17, 15) is 4.79 Å². The number of ether oxygens (including phenoxy) is 2. The van der Waals surface area contributed by atoms with Crippen molar-refractivity contribution in [3.8, 4) is 39.8 Å². The van der Waals surface area contributed by atoms with Crippen LogP contribution < -0.4 is 9.47 Å². The van der Waals surface area contributed by atoms with E-state index in [1.807, 2.05) is 54.6 Å². The summed E-state index contributed by atoms with van der Waals surface area (Å²) in [5.41, 5.74) is 6.70. The number of hydrogen-bond donors (Lipinski definition) is 0. The normalized spacial score (nSPS) is 10.5. The summed E-state index contributed by atoms with van der Waals surface area (Å²) in [6.07, 6.45) is 2.23. The van der Waals surface area contributed by atoms with Crippen LogP contribution in [0.4, 0.5) is 0 Å². The number of halogens is 1. The fraction of sp³-hybridized carbons (Fsp3) is 0.0606. The molecule has 0 aliphatic rings. The molecule has 0 saturated carbocycles. The van der Waals surface area contributed by atoms with Gasteiger partial charge in [0, 0.05) is 12.3 Å². The van der Waals surface area contributed by atoms with Gasteiger partial charge in [0.1, 0.15) is 36.5 Å². The molecule has 0 atom stereocenters. The minimum atomic E-state index is 0.149. The van der Waals surface area contributed by atoms with Crippen molar-refractivity contribution in [1.29, 1.82) is 5.26 Å². The quantitative estimate of drug-likeness (QED) is 0.181. The Bertz CT molecular complexity index is 1650. The van der Waals surface area contributed by atoms with Gasteiger partial charge in [0.05, 0.1) is 10.6 Å². The molecular formula is C33H23ClN2O3. The number of carbonyl (C=O) groups is 1. The molecule has 0 radical (unpaired) electrons. The Hall–Kier alpha value is -4.92. The van der Waals surface area contributed by atoms with Crippen LogP contribution in [0.5, 0.6) is 11.5 Å². The van der Waals surface area contributed by atoms with Crippen LogP contribution in [0.15, 0.2) is 109 Å². The minimum Gasteiger partial charge on any atom is -0.488 e. The Balaban J connectivity index is 1.45. The second kappa shape index (κ2) is 12.1. The highest BCUT2D eigenvalue weighted by molar-refractivity contribution is 6.32. The number of nitriles is 1. The molecule has 0 amide bonds. The Kier molecular flexibility index (Phi) is 7.97. The SMILES string of the molecule is N#Cc1cc(COc2cc(OCc3cccc(-c4ccccc4)c3-c3ccccc3)c(Cl)cc2C=O)ccn1. The first-order valence-corrected chi connectivity index (χ1v) is 12.7. The van der Waals surface area contributed by atoms with Gasteiger partial charge in [-0.1, -0.05) is 90.5 Å². The Morgan fingerprint density at radius 2 is 1.51 bits per heavy atom. The van der Waals surface area contributed by atoms with E-state index in [4.69, 9.17) is 26.3 Å². The topological polar surface area (TPSA) is 72.2 Å². The van der Waals surface area contributed by atoms with Crippen LogP contribution in [0, 0.1) is 11.3 Å². The van der Waals surface area contributed by atoms with Crippen LogP contribution >= 0.6 is 11.6 Å². The molecule has 5 rings (SSSR count). The van der Waals surface area contributed by atoms with E-state index in [1.54, 1.807) is 24.4 Å². The molecule has 0 bridgehead atoms. The summed E-state index contributed by atoms with van der Waals surface area (Å²) in [7, 11) is 0. The summed E-state index contributed by atoms with van der Waals surface area (Å²) in [4.78, 5) is 15.7. The Morgan fingerprint density at radius 3 is 2.23 bits per heavy atom. The Labute approximate surface area is 231 Å². The molecule has 190 valence electrons. The number of hydrogen-bond acceptors (Lipinski definition) is 5. The van der Waals surface area contributed by atoms with E-state index in [1.165, 1.54) is 6.07 Å². The van der Waals surface area contributed by atoms with Gasteiger partial charge in [0.15, 0.2) is 6.29 Å². The summed E-state index contributed by atoms with van der Waals surface area (Å²) in [6.45, 7) is 0.400. The Morgan fingerprint density at radius 1 is 0.795 bits per heavy atom. The van der Waals surface area contributed by atoms with Crippen molar-refractivity contribution in [1.82, 2.24) is 4.98 Å². The van der Waals surface area contributed by atoms with Gasteiger partial charge in [0.25, 0.3) is 0 Å². The zero-order chi connectivity index (χ0) is 27.0. The first-order valence-electron chi connectivity index (χ1n) is 12.3. The van der Waals surface area contributed by atoms with Crippen LogP contribution in [0.25, 0.3) is 22.3 Å². The van der Waals surface area contributed by atoms with Gasteiger partial charge in [0.2, 0.25) is 0 Å². The van der Waals surface area contributed by atoms with Gasteiger partial charge in [-0.3, -0.25) is 4.79 Å². The lowest BCUT2D eigenvalue weighted by Crippen LogP contribution is -2.03. The predicted molar refractivity (Wildman–Crippen MR) is 152 cm³/mol. The lowest BCUT2D eigenvalue weighted by Gasteiger charge is -2.18. The minimum absolute atomic E-state index is 0.149. The first-order chi connectivity index (χ1) is 19.2. The number of carbonyl (C=O) groups excluding carboxylic acids is 1. The second-order valence-corrected chi connectivity index (χ2v) is 9.16. The highest BCUT2D eigenvalue weighted by Crippen LogP contribution is 2.37. The van der Waals surface area contributed by atoms with Crippen LogP contribution in [-0.4, -0.2) is 11.3 Å². The van der Waals surface area contributed by atoms with Crippen LogP contribution in [0.2, 0.25) is 5.02 Å². The number of nitrogens with zero attached hydrogens (tertiary/aromatic N) is 2. The average Bonchev–Trinajstić information content (AvgIpc) is 3.00. The summed E-state index contributed by atoms with van der Waals surface area (Å²) >= 11 is 6.50. The molecule has 0 N–H and O–H groups in total. The van der Waals surface area contributed by atoms with Crippen molar-refractivity contribution in [3.05, 3.63) is 137 Å². The summed E-state index contributed by atoms with van der Waals surface area (Å²) in [5.74, 6) is 0.731. The van der Waals surface area contributed by atoms with Crippen LogP contribution in [0.3, 0.4) is 0 Å². The van der Waals surface area contributed by atoms with Gasteiger partial charge >= 0.3 is 0 Å². The molecular weight excluding hydrogens is 508 g/mol. The van der Waals surface area contributed by atoms with Gasteiger partial charge < -0.3 is 9.47 Å². The molecule has 1 heterocycles. The van der Waals surface area contributed by atoms with E-state index in [0.29, 0.717) is 34.1 Å². The monoisotopic (exact) mass is 530 g/mol. The maximum absolute atomic E-state index is 11.7. The number of aromatic nitrogens is 1. The lowest BCUT2D eigenvalue weighted by molar-refractivity contribution is 0.111. The predicted octanol–water partition coefficient (Wildman–Crippen LogP) is 7.91. The van der Waals surface area contributed by atoms with Gasteiger partial charge in [-0.2, -0.15) is 5.26 Å². The summed E-state index contributed by atoms with van der Waals surface area (Å²) < 4.78 is 12.1. The van der Waals surface area contributed by atoms with E-state index >= 15 is 0 Å². The highest BCUT2D eigenvalue weighted by Gasteiger charge is 2.15. The van der Waals surface area contributed by atoms with Crippen molar-refractivity contribution in [3.63, 3.8) is 0 Å². The molecule has 39 heavy (non-hydrogen) atoms. The van der Waals surface area contributed by atoms with Gasteiger partial charge in [-0.05, 0) is 51.6 Å². The van der Waals surface area contributed by atoms with Crippen molar-refractivity contribution in [2.24, 2.45) is 0 Å². The van der Waals surface area contributed by atoms with Gasteiger partial charge in [-0.15, -0.1) is 0 Å². The lowest BCUT2D eigenvalue weighted by atomic mass is 9.91. The molecule has 0 saturated heterocycles. The maximum Gasteiger partial charge on any atom is 0.153 e. The van der Waals surface area contributed by atoms with Crippen molar-refractivity contribution >= 4 is 17.9 Å². The van der Waals surface area contributed by atoms with Crippen molar-refractivity contribution in [2.45, 2.75) is 13.2 Å². The number of benzene rings is 4. The molecule has 0 spiro atoms. The number of rotatable bonds is 9. The molecule has 0 aliphatic heterocycles. The fourth-order valence-corrected chi connectivity index (χ4v) is 4.57. The molecule has 0 fully saturated rings. The molecule has 1 aromatic heterocycles. The van der Waals surface area contributed by atoms with Crippen LogP contribution in [-0.2, 0) is 13.2 Å². The molecule has 5 nitrogen and oxygen atoms in total. The largest absolute Gasteiger partial charge is 0.488 e. The maximum atomic E-state index is 11.7. The zero-order valence-corrected chi connectivity index (χ0v) is 21.6. The molecule has 0 unspecified atom stereocenters. The summed E-state index contributed by atoms with van der Waals surface area (Å²) in [5, 5.41) is 9.40. The fourth-order valence-electron chi connectivity index (χ4n) is 4.34. The smallest absolute Gasteiger partial charge is 0.153 e. The van der Waals surface area contributed by atoms with Gasteiger partial charge in [-0.25, -0.2) is 4.98 Å². The molecule has 4 aromatic carbocycles. The first kappa shape index (κ1) is 25.7. The third-order valence-corrected chi connectivity index (χ3v) is 6.50. The average molecular weight is 531 g/mol.